The topological polar surface area (TPSA) is 56.2 Å². The van der Waals surface area contributed by atoms with E-state index in [2.05, 4.69) is 48.1 Å². The standard InChI is InChI=1S/C20H25N3O2S/c1-13-17-18(14-7-5-4-6-8-14)26-12-16(24)21-19(17)23(22-13)15-9-10-25-20(2,3)11-15/h4-8,15,18H,9-12H2,1-3H3,(H,21,24)/t15-,18+/m0/s1. The fourth-order valence-electron chi connectivity index (χ4n) is 3.97. The van der Waals surface area contributed by atoms with E-state index in [4.69, 9.17) is 9.84 Å². The van der Waals surface area contributed by atoms with Crippen molar-refractivity contribution in [3.05, 3.63) is 47.2 Å². The fourth-order valence-corrected chi connectivity index (χ4v) is 5.16. The van der Waals surface area contributed by atoms with E-state index < -0.39 is 0 Å². The molecule has 2 aliphatic rings. The SMILES string of the molecule is Cc1nn([C@H]2CCOC(C)(C)C2)c2c1[C@@H](c1ccccc1)SCC(=O)N2. The zero-order chi connectivity index (χ0) is 18.3. The highest BCUT2D eigenvalue weighted by Gasteiger charge is 2.35. The van der Waals surface area contributed by atoms with Crippen molar-refractivity contribution in [2.45, 2.75) is 50.5 Å². The Labute approximate surface area is 158 Å². The maximum absolute atomic E-state index is 12.4. The van der Waals surface area contributed by atoms with E-state index in [9.17, 15) is 4.79 Å². The van der Waals surface area contributed by atoms with Crippen LogP contribution in [0.5, 0.6) is 0 Å². The average Bonchev–Trinajstić information content (AvgIpc) is 2.81. The van der Waals surface area contributed by atoms with Gasteiger partial charge >= 0.3 is 0 Å². The quantitative estimate of drug-likeness (QED) is 0.864. The maximum atomic E-state index is 12.4. The monoisotopic (exact) mass is 371 g/mol. The van der Waals surface area contributed by atoms with Crippen molar-refractivity contribution in [1.29, 1.82) is 0 Å². The Bertz CT molecular complexity index is 816. The van der Waals surface area contributed by atoms with Crippen molar-refractivity contribution in [3.63, 3.8) is 0 Å². The van der Waals surface area contributed by atoms with Crippen LogP contribution in [0.4, 0.5) is 5.82 Å². The first-order valence-corrected chi connectivity index (χ1v) is 10.2. The first-order chi connectivity index (χ1) is 12.4. The molecule has 26 heavy (non-hydrogen) atoms. The van der Waals surface area contributed by atoms with Gasteiger partial charge in [0.25, 0.3) is 0 Å². The van der Waals surface area contributed by atoms with Crippen LogP contribution in [0.25, 0.3) is 0 Å². The molecule has 0 spiro atoms. The summed E-state index contributed by atoms with van der Waals surface area (Å²) in [6, 6.07) is 10.6. The molecule has 1 aromatic carbocycles. The highest BCUT2D eigenvalue weighted by atomic mass is 32.2. The first kappa shape index (κ1) is 17.6. The number of ether oxygens (including phenoxy) is 1. The lowest BCUT2D eigenvalue weighted by atomic mass is 9.94. The van der Waals surface area contributed by atoms with Gasteiger partial charge in [-0.2, -0.15) is 5.10 Å². The van der Waals surface area contributed by atoms with Crippen LogP contribution >= 0.6 is 11.8 Å². The number of amides is 1. The summed E-state index contributed by atoms with van der Waals surface area (Å²) in [5.41, 5.74) is 3.17. The summed E-state index contributed by atoms with van der Waals surface area (Å²) in [5, 5.41) is 8.12. The van der Waals surface area contributed by atoms with Gasteiger partial charge in [0.05, 0.1) is 28.3 Å². The van der Waals surface area contributed by atoms with E-state index in [0.29, 0.717) is 5.75 Å². The number of hydrogen-bond donors (Lipinski definition) is 1. The van der Waals surface area contributed by atoms with Crippen molar-refractivity contribution >= 4 is 23.5 Å². The third-order valence-corrected chi connectivity index (χ3v) is 6.42. The Morgan fingerprint density at radius 1 is 1.31 bits per heavy atom. The summed E-state index contributed by atoms with van der Waals surface area (Å²) in [7, 11) is 0. The molecule has 1 fully saturated rings. The molecule has 0 bridgehead atoms. The number of thioether (sulfide) groups is 1. The van der Waals surface area contributed by atoms with Crippen molar-refractivity contribution in [2.75, 3.05) is 17.7 Å². The molecule has 1 saturated heterocycles. The number of fused-ring (bicyclic) bond motifs is 1. The van der Waals surface area contributed by atoms with Crippen LogP contribution < -0.4 is 5.32 Å². The molecular formula is C20H25N3O2S. The largest absolute Gasteiger partial charge is 0.375 e. The van der Waals surface area contributed by atoms with Crippen molar-refractivity contribution < 1.29 is 9.53 Å². The van der Waals surface area contributed by atoms with Gasteiger partial charge in [-0.15, -0.1) is 11.8 Å². The van der Waals surface area contributed by atoms with Crippen LogP contribution in [-0.2, 0) is 9.53 Å². The number of rotatable bonds is 2. The van der Waals surface area contributed by atoms with E-state index in [1.165, 1.54) is 5.56 Å². The second-order valence-corrected chi connectivity index (χ2v) is 8.79. The van der Waals surface area contributed by atoms with Crippen LogP contribution in [0, 0.1) is 6.92 Å². The van der Waals surface area contributed by atoms with Gasteiger partial charge in [-0.3, -0.25) is 4.79 Å². The molecule has 2 atom stereocenters. The number of hydrogen-bond acceptors (Lipinski definition) is 4. The number of carbonyl (C=O) groups is 1. The fraction of sp³-hybridized carbons (Fsp3) is 0.500. The molecule has 2 aliphatic heterocycles. The van der Waals surface area contributed by atoms with Gasteiger partial charge in [0, 0.05) is 12.2 Å². The second-order valence-electron chi connectivity index (χ2n) is 7.70. The Kier molecular flexibility index (Phi) is 4.57. The van der Waals surface area contributed by atoms with E-state index in [1.54, 1.807) is 11.8 Å². The van der Waals surface area contributed by atoms with E-state index >= 15 is 0 Å². The normalized spacial score (nSPS) is 25.3. The van der Waals surface area contributed by atoms with Crippen molar-refractivity contribution in [2.24, 2.45) is 0 Å². The van der Waals surface area contributed by atoms with Gasteiger partial charge in [0.1, 0.15) is 5.82 Å². The van der Waals surface area contributed by atoms with Crippen LogP contribution in [-0.4, -0.2) is 33.6 Å². The Morgan fingerprint density at radius 3 is 2.81 bits per heavy atom. The van der Waals surface area contributed by atoms with Gasteiger partial charge in [-0.1, -0.05) is 30.3 Å². The number of nitrogens with zero attached hydrogens (tertiary/aromatic N) is 2. The first-order valence-electron chi connectivity index (χ1n) is 9.14. The molecule has 4 rings (SSSR count). The van der Waals surface area contributed by atoms with E-state index in [0.717, 1.165) is 36.5 Å². The van der Waals surface area contributed by atoms with Gasteiger partial charge in [-0.05, 0) is 39.2 Å². The molecule has 138 valence electrons. The molecule has 0 radical (unpaired) electrons. The zero-order valence-corrected chi connectivity index (χ0v) is 16.3. The molecule has 2 aromatic rings. The van der Waals surface area contributed by atoms with Crippen LogP contribution in [0.1, 0.15) is 54.8 Å². The van der Waals surface area contributed by atoms with Crippen LogP contribution in [0.2, 0.25) is 0 Å². The van der Waals surface area contributed by atoms with E-state index in [-0.39, 0.29) is 22.8 Å². The Hall–Kier alpha value is -1.79. The molecule has 1 N–H and O–H groups in total. The van der Waals surface area contributed by atoms with Crippen LogP contribution in [0.3, 0.4) is 0 Å². The Morgan fingerprint density at radius 2 is 2.08 bits per heavy atom. The number of aromatic nitrogens is 2. The summed E-state index contributed by atoms with van der Waals surface area (Å²) < 4.78 is 7.92. The smallest absolute Gasteiger partial charge is 0.235 e. The van der Waals surface area contributed by atoms with E-state index in [1.807, 2.05) is 13.0 Å². The highest BCUT2D eigenvalue weighted by molar-refractivity contribution is 8.00. The van der Waals surface area contributed by atoms with Gasteiger partial charge in [0.15, 0.2) is 0 Å². The predicted molar refractivity (Wildman–Crippen MR) is 105 cm³/mol. The molecule has 3 heterocycles. The zero-order valence-electron chi connectivity index (χ0n) is 15.5. The number of carbonyl (C=O) groups excluding carboxylic acids is 1. The molecule has 6 heteroatoms. The lowest BCUT2D eigenvalue weighted by Crippen LogP contribution is -2.36. The average molecular weight is 372 g/mol. The summed E-state index contributed by atoms with van der Waals surface area (Å²) in [5.74, 6) is 1.36. The molecule has 0 aliphatic carbocycles. The maximum Gasteiger partial charge on any atom is 0.235 e. The summed E-state index contributed by atoms with van der Waals surface area (Å²) in [6.07, 6.45) is 1.80. The number of anilines is 1. The highest BCUT2D eigenvalue weighted by Crippen LogP contribution is 2.45. The summed E-state index contributed by atoms with van der Waals surface area (Å²) >= 11 is 1.67. The third-order valence-electron chi connectivity index (χ3n) is 5.15. The number of aryl methyl sites for hydroxylation is 1. The molecule has 1 amide bonds. The third kappa shape index (κ3) is 3.28. The lowest BCUT2D eigenvalue weighted by molar-refractivity contribution is -0.113. The van der Waals surface area contributed by atoms with Crippen molar-refractivity contribution in [1.82, 2.24) is 9.78 Å². The second kappa shape index (κ2) is 6.74. The molecule has 1 aromatic heterocycles. The predicted octanol–water partition coefficient (Wildman–Crippen LogP) is 4.10. The van der Waals surface area contributed by atoms with Crippen molar-refractivity contribution in [3.8, 4) is 0 Å². The molecular weight excluding hydrogens is 346 g/mol. The van der Waals surface area contributed by atoms with Gasteiger partial charge in [0.2, 0.25) is 5.91 Å². The van der Waals surface area contributed by atoms with Gasteiger partial charge < -0.3 is 10.1 Å². The minimum Gasteiger partial charge on any atom is -0.375 e. The molecule has 5 nitrogen and oxygen atoms in total. The minimum atomic E-state index is -0.169. The van der Waals surface area contributed by atoms with Crippen LogP contribution in [0.15, 0.2) is 30.3 Å². The van der Waals surface area contributed by atoms with Gasteiger partial charge in [-0.25, -0.2) is 4.68 Å². The number of benzene rings is 1. The molecule has 0 unspecified atom stereocenters. The summed E-state index contributed by atoms with van der Waals surface area (Å²) in [6.45, 7) is 7.01. The number of nitrogens with one attached hydrogen (secondary N) is 1. The lowest BCUT2D eigenvalue weighted by Gasteiger charge is -2.36. The summed E-state index contributed by atoms with van der Waals surface area (Å²) in [4.78, 5) is 12.4. The Balaban J connectivity index is 1.79. The minimum absolute atomic E-state index is 0.0437. The molecule has 0 saturated carbocycles.